The van der Waals surface area contributed by atoms with Gasteiger partial charge in [-0.25, -0.2) is 15.0 Å². The summed E-state index contributed by atoms with van der Waals surface area (Å²) in [6.45, 7) is 2.30. The average molecular weight is 846 g/mol. The minimum atomic E-state index is -0.662. The lowest BCUT2D eigenvalue weighted by molar-refractivity contribution is 0.233. The molecule has 66 heavy (non-hydrogen) atoms. The van der Waals surface area contributed by atoms with E-state index in [0.29, 0.717) is 17.5 Å². The zero-order chi connectivity index (χ0) is 43.5. The van der Waals surface area contributed by atoms with Gasteiger partial charge in [0, 0.05) is 55.2 Å². The molecule has 0 saturated carbocycles. The van der Waals surface area contributed by atoms with Gasteiger partial charge in [0.25, 0.3) is 0 Å². The first-order chi connectivity index (χ1) is 32.6. The van der Waals surface area contributed by atoms with Crippen LogP contribution in [0.4, 0.5) is 0 Å². The van der Waals surface area contributed by atoms with Gasteiger partial charge in [0.05, 0.1) is 27.5 Å². The highest BCUT2D eigenvalue weighted by atomic mass is 16.5. The van der Waals surface area contributed by atoms with Crippen molar-refractivity contribution in [2.45, 2.75) is 18.4 Å². The number of hydrogen-bond donors (Lipinski definition) is 0. The molecule has 0 bridgehead atoms. The molecule has 3 aromatic heterocycles. The number of rotatable bonds is 5. The number of nitrogens with zero attached hydrogens (tertiary/aromatic N) is 5. The highest BCUT2D eigenvalue weighted by molar-refractivity contribution is 6.15. The van der Waals surface area contributed by atoms with Crippen LogP contribution in [0.5, 0.6) is 5.75 Å². The molecule has 14 rings (SSSR count). The Kier molecular flexibility index (Phi) is 7.78. The molecule has 4 heterocycles. The molecule has 0 amide bonds. The summed E-state index contributed by atoms with van der Waals surface area (Å²) in [6, 6.07) is 71.0. The summed E-state index contributed by atoms with van der Waals surface area (Å²) in [5.41, 5.74) is 9.81. The maximum absolute atomic E-state index is 7.15. The summed E-state index contributed by atoms with van der Waals surface area (Å²) < 4.78 is 11.9. The Morgan fingerprint density at radius 2 is 0.985 bits per heavy atom. The minimum Gasteiger partial charge on any atom is -0.485 e. The summed E-state index contributed by atoms with van der Waals surface area (Å²) >= 11 is 0. The number of benzene rings is 9. The molecule has 0 N–H and O–H groups in total. The molecule has 6 nitrogen and oxygen atoms in total. The smallest absolute Gasteiger partial charge is 0.164 e. The normalized spacial score (nSPS) is 16.8. The third-order valence-corrected chi connectivity index (χ3v) is 14.1. The van der Waals surface area contributed by atoms with Gasteiger partial charge in [-0.2, -0.15) is 0 Å². The van der Waals surface area contributed by atoms with E-state index >= 15 is 0 Å². The Balaban J connectivity index is 1.04. The molecule has 0 spiro atoms. The topological polar surface area (TPSA) is 57.8 Å². The molecular formula is C60H39N5O. The van der Waals surface area contributed by atoms with Crippen LogP contribution < -0.4 is 4.74 Å². The van der Waals surface area contributed by atoms with E-state index in [9.17, 15) is 0 Å². The third kappa shape index (κ3) is 5.39. The predicted molar refractivity (Wildman–Crippen MR) is 270 cm³/mol. The van der Waals surface area contributed by atoms with E-state index in [1.54, 1.807) is 0 Å². The highest BCUT2D eigenvalue weighted by Gasteiger charge is 2.51. The summed E-state index contributed by atoms with van der Waals surface area (Å²) in [7, 11) is 0. The van der Waals surface area contributed by atoms with Crippen LogP contribution in [0.1, 0.15) is 18.3 Å². The van der Waals surface area contributed by atoms with Gasteiger partial charge >= 0.3 is 0 Å². The second-order valence-corrected chi connectivity index (χ2v) is 17.7. The van der Waals surface area contributed by atoms with Gasteiger partial charge < -0.3 is 13.9 Å². The van der Waals surface area contributed by atoms with E-state index in [-0.39, 0.29) is 6.10 Å². The molecular weight excluding hydrogens is 807 g/mol. The van der Waals surface area contributed by atoms with Crippen molar-refractivity contribution in [2.24, 2.45) is 0 Å². The zero-order valence-corrected chi connectivity index (χ0v) is 35.9. The number of para-hydroxylation sites is 3. The number of ether oxygens (including phenoxy) is 1. The predicted octanol–water partition coefficient (Wildman–Crippen LogP) is 14.4. The van der Waals surface area contributed by atoms with Crippen molar-refractivity contribution in [3.05, 3.63) is 224 Å². The SMILES string of the molecule is CC12C(c3nc(-c4ccccc4)nc(-c4ccc5c6ccccc6n(-c6ccccc6)c5c4)n3)=CC(n3c4ccccc4c4cc5ccccc5cc43)=CC1Oc1cc3ccccc3cc12. The molecule has 12 aromatic rings. The lowest BCUT2D eigenvalue weighted by Gasteiger charge is -2.35. The molecule has 2 aliphatic rings. The number of hydrogen-bond acceptors (Lipinski definition) is 4. The van der Waals surface area contributed by atoms with Crippen molar-refractivity contribution >= 4 is 76.4 Å². The second kappa shape index (κ2) is 13.9. The molecule has 9 aromatic carbocycles. The fourth-order valence-electron chi connectivity index (χ4n) is 10.8. The second-order valence-electron chi connectivity index (χ2n) is 17.7. The van der Waals surface area contributed by atoms with Crippen LogP contribution >= 0.6 is 0 Å². The van der Waals surface area contributed by atoms with Crippen molar-refractivity contribution in [3.8, 4) is 34.2 Å². The maximum atomic E-state index is 7.15. The quantitative estimate of drug-likeness (QED) is 0.173. The van der Waals surface area contributed by atoms with Crippen molar-refractivity contribution in [2.75, 3.05) is 0 Å². The van der Waals surface area contributed by atoms with Gasteiger partial charge in [0.15, 0.2) is 17.5 Å². The largest absolute Gasteiger partial charge is 0.485 e. The van der Waals surface area contributed by atoms with Gasteiger partial charge in [-0.3, -0.25) is 0 Å². The molecule has 6 heteroatoms. The van der Waals surface area contributed by atoms with Crippen molar-refractivity contribution in [1.29, 1.82) is 0 Å². The number of fused-ring (bicyclic) bond motifs is 11. The first-order valence-electron chi connectivity index (χ1n) is 22.5. The Morgan fingerprint density at radius 3 is 1.73 bits per heavy atom. The highest BCUT2D eigenvalue weighted by Crippen LogP contribution is 2.55. The Morgan fingerprint density at radius 1 is 0.439 bits per heavy atom. The fourth-order valence-corrected chi connectivity index (χ4v) is 10.8. The van der Waals surface area contributed by atoms with Crippen LogP contribution in [0, 0.1) is 0 Å². The van der Waals surface area contributed by atoms with E-state index in [4.69, 9.17) is 19.7 Å². The standard InChI is InChI=1S/C60H39N5O/c1-60-49-31-39-19-9-11-21-41(39)34-55(49)66-56(60)36-44(65-52-27-15-13-25-46(52)48-30-38-18-8-10-20-40(38)32-54(48)65)35-50(60)59-62-57(37-16-4-2-5-17-37)61-58(63-59)42-28-29-47-45-24-12-14-26-51(45)64(53(47)33-42)43-22-6-3-7-23-43/h2-36,56H,1H3. The first-order valence-corrected chi connectivity index (χ1v) is 22.5. The lowest BCUT2D eigenvalue weighted by Crippen LogP contribution is -2.38. The van der Waals surface area contributed by atoms with Crippen LogP contribution in [-0.4, -0.2) is 30.2 Å². The van der Waals surface area contributed by atoms with Gasteiger partial charge in [-0.05, 0) is 95.2 Å². The number of aromatic nitrogens is 5. The molecule has 0 radical (unpaired) electrons. The number of allylic oxidation sites excluding steroid dienone is 2. The summed E-state index contributed by atoms with van der Waals surface area (Å²) in [5.74, 6) is 2.69. The molecule has 310 valence electrons. The Labute approximate surface area is 380 Å². The molecule has 1 aliphatic carbocycles. The zero-order valence-electron chi connectivity index (χ0n) is 35.9. The summed E-state index contributed by atoms with van der Waals surface area (Å²) in [6.07, 6.45) is 4.26. The van der Waals surface area contributed by atoms with E-state index in [1.807, 2.05) is 18.2 Å². The maximum Gasteiger partial charge on any atom is 0.164 e. The summed E-state index contributed by atoms with van der Waals surface area (Å²) in [4.78, 5) is 16.3. The molecule has 1 aliphatic heterocycles. The van der Waals surface area contributed by atoms with Crippen molar-refractivity contribution < 1.29 is 4.74 Å². The van der Waals surface area contributed by atoms with E-state index in [2.05, 4.69) is 210 Å². The first kappa shape index (κ1) is 36.8. The Bertz CT molecular complexity index is 4050. The molecule has 0 saturated heterocycles. The van der Waals surface area contributed by atoms with Crippen LogP contribution in [0.25, 0.3) is 105 Å². The van der Waals surface area contributed by atoms with E-state index < -0.39 is 5.41 Å². The lowest BCUT2D eigenvalue weighted by atomic mass is 9.69. The van der Waals surface area contributed by atoms with Gasteiger partial charge in [0.2, 0.25) is 0 Å². The van der Waals surface area contributed by atoms with Crippen molar-refractivity contribution in [1.82, 2.24) is 24.1 Å². The summed E-state index contributed by atoms with van der Waals surface area (Å²) in [5, 5.41) is 9.46. The van der Waals surface area contributed by atoms with Gasteiger partial charge in [-0.1, -0.05) is 146 Å². The minimum absolute atomic E-state index is 0.366. The van der Waals surface area contributed by atoms with E-state index in [0.717, 1.165) is 72.2 Å². The molecule has 0 fully saturated rings. The molecule has 2 unspecified atom stereocenters. The van der Waals surface area contributed by atoms with Crippen LogP contribution in [0.15, 0.2) is 212 Å². The monoisotopic (exact) mass is 845 g/mol. The van der Waals surface area contributed by atoms with Crippen LogP contribution in [-0.2, 0) is 5.41 Å². The average Bonchev–Trinajstić information content (AvgIpc) is 3.98. The van der Waals surface area contributed by atoms with E-state index in [1.165, 1.54) is 32.3 Å². The molecule has 2 atom stereocenters. The van der Waals surface area contributed by atoms with Gasteiger partial charge in [-0.15, -0.1) is 0 Å². The van der Waals surface area contributed by atoms with Crippen LogP contribution in [0.2, 0.25) is 0 Å². The van der Waals surface area contributed by atoms with Gasteiger partial charge in [0.1, 0.15) is 11.9 Å². The Hall–Kier alpha value is -8.61. The van der Waals surface area contributed by atoms with Crippen molar-refractivity contribution in [3.63, 3.8) is 0 Å². The van der Waals surface area contributed by atoms with Crippen LogP contribution in [0.3, 0.4) is 0 Å². The fraction of sp³-hybridized carbons (Fsp3) is 0.0500. The third-order valence-electron chi connectivity index (χ3n) is 14.1.